The van der Waals surface area contributed by atoms with E-state index in [0.29, 0.717) is 33.6 Å². The number of rotatable bonds is 8. The van der Waals surface area contributed by atoms with E-state index in [4.69, 9.17) is 5.73 Å². The Labute approximate surface area is 209 Å². The summed E-state index contributed by atoms with van der Waals surface area (Å²) >= 11 is 0. The van der Waals surface area contributed by atoms with E-state index in [-0.39, 0.29) is 29.6 Å². The Hall–Kier alpha value is -3.99. The number of primary amides is 1. The van der Waals surface area contributed by atoms with Crippen LogP contribution in [0.4, 0.5) is 23.4 Å². The number of benzene rings is 2. The molecule has 2 aromatic heterocycles. The van der Waals surface area contributed by atoms with Gasteiger partial charge in [0.1, 0.15) is 5.82 Å². The van der Waals surface area contributed by atoms with E-state index in [2.05, 4.69) is 15.3 Å². The largest absolute Gasteiger partial charge is 0.392 e. The average Bonchev–Trinajstić information content (AvgIpc) is 3.60. The second-order valence-electron chi connectivity index (χ2n) is 8.95. The van der Waals surface area contributed by atoms with Crippen molar-refractivity contribution in [3.63, 3.8) is 0 Å². The van der Waals surface area contributed by atoms with E-state index >= 15 is 4.39 Å². The zero-order chi connectivity index (χ0) is 26.3. The number of hydrogen-bond donors (Lipinski definition) is 3. The van der Waals surface area contributed by atoms with Crippen LogP contribution in [-0.4, -0.2) is 38.1 Å². The maximum atomic E-state index is 15.4. The molecule has 7 nitrogen and oxygen atoms in total. The summed E-state index contributed by atoms with van der Waals surface area (Å²) in [4.78, 5) is 20.7. The number of halogens is 4. The average molecular weight is 513 g/mol. The predicted molar refractivity (Wildman–Crippen MR) is 129 cm³/mol. The molecule has 4 N–H and O–H groups in total. The van der Waals surface area contributed by atoms with E-state index in [1.165, 1.54) is 12.3 Å². The molecule has 1 aliphatic rings. The number of nitrogens with zero attached hydrogens (tertiary/aromatic N) is 3. The summed E-state index contributed by atoms with van der Waals surface area (Å²) in [7, 11) is 0. The zero-order valence-electron chi connectivity index (χ0n) is 19.5. The van der Waals surface area contributed by atoms with Crippen molar-refractivity contribution in [2.45, 2.75) is 38.0 Å². The van der Waals surface area contributed by atoms with Crippen molar-refractivity contribution < 1.29 is 27.5 Å². The lowest BCUT2D eigenvalue weighted by Crippen LogP contribution is -2.16. The van der Waals surface area contributed by atoms with Gasteiger partial charge in [-0.15, -0.1) is 0 Å². The molecule has 0 radical (unpaired) electrons. The fraction of sp³-hybridized carbons (Fsp3) is 0.269. The molecule has 0 aliphatic heterocycles. The van der Waals surface area contributed by atoms with Gasteiger partial charge in [0.15, 0.2) is 11.5 Å². The maximum Gasteiger partial charge on any atom is 0.390 e. The van der Waals surface area contributed by atoms with E-state index in [1.54, 1.807) is 40.9 Å². The number of aliphatic hydroxyl groups excluding tert-OH is 1. The van der Waals surface area contributed by atoms with Gasteiger partial charge in [-0.05, 0) is 30.4 Å². The number of imidazole rings is 1. The lowest BCUT2D eigenvalue weighted by Gasteiger charge is -2.15. The molecule has 0 atom stereocenters. The first-order chi connectivity index (χ1) is 17.7. The van der Waals surface area contributed by atoms with Gasteiger partial charge in [-0.2, -0.15) is 13.2 Å². The monoisotopic (exact) mass is 513 g/mol. The summed E-state index contributed by atoms with van der Waals surface area (Å²) in [6, 6.07) is 9.91. The second-order valence-corrected chi connectivity index (χ2v) is 8.95. The molecule has 2 aromatic carbocycles. The van der Waals surface area contributed by atoms with Crippen LogP contribution in [0.3, 0.4) is 0 Å². The summed E-state index contributed by atoms with van der Waals surface area (Å²) in [5, 5.41) is 12.6. The highest BCUT2D eigenvalue weighted by Gasteiger charge is 2.33. The van der Waals surface area contributed by atoms with Crippen LogP contribution >= 0.6 is 0 Å². The molecule has 192 valence electrons. The third-order valence-corrected chi connectivity index (χ3v) is 6.36. The van der Waals surface area contributed by atoms with Crippen molar-refractivity contribution in [1.82, 2.24) is 14.4 Å². The van der Waals surface area contributed by atoms with Crippen LogP contribution in [0, 0.1) is 5.82 Å². The minimum atomic E-state index is -4.36. The number of aromatic nitrogens is 3. The molecule has 37 heavy (non-hydrogen) atoms. The quantitative estimate of drug-likeness (QED) is 0.287. The van der Waals surface area contributed by atoms with Gasteiger partial charge in [0, 0.05) is 29.4 Å². The van der Waals surface area contributed by atoms with E-state index in [0.717, 1.165) is 12.8 Å². The van der Waals surface area contributed by atoms with Crippen molar-refractivity contribution in [2.75, 3.05) is 11.9 Å². The van der Waals surface area contributed by atoms with E-state index < -0.39 is 30.9 Å². The van der Waals surface area contributed by atoms with Gasteiger partial charge < -0.3 is 16.2 Å². The van der Waals surface area contributed by atoms with Crippen LogP contribution < -0.4 is 11.1 Å². The minimum absolute atomic E-state index is 0.0827. The van der Waals surface area contributed by atoms with Gasteiger partial charge in [0.2, 0.25) is 0 Å². The van der Waals surface area contributed by atoms with Gasteiger partial charge in [0.05, 0.1) is 36.2 Å². The number of fused-ring (bicyclic) bond motifs is 1. The van der Waals surface area contributed by atoms with Crippen LogP contribution in [0.15, 0.2) is 48.8 Å². The molecule has 0 unspecified atom stereocenters. The molecule has 4 aromatic rings. The highest BCUT2D eigenvalue weighted by molar-refractivity contribution is 5.94. The second kappa shape index (κ2) is 9.47. The highest BCUT2D eigenvalue weighted by atomic mass is 19.4. The lowest BCUT2D eigenvalue weighted by atomic mass is 9.96. The Balaban J connectivity index is 1.70. The van der Waals surface area contributed by atoms with Crippen molar-refractivity contribution in [1.29, 1.82) is 0 Å². The molecule has 11 heteroatoms. The summed E-state index contributed by atoms with van der Waals surface area (Å²) in [5.74, 6) is -1.51. The van der Waals surface area contributed by atoms with Gasteiger partial charge in [0.25, 0.3) is 5.91 Å². The number of amides is 1. The topological polar surface area (TPSA) is 106 Å². The Bertz CT molecular complexity index is 1490. The van der Waals surface area contributed by atoms with Crippen molar-refractivity contribution in [3.05, 3.63) is 71.3 Å². The molecule has 1 fully saturated rings. The SMILES string of the molecule is NC(=O)c1ccc(-c2cnc3c(NCCC(F)(F)F)nc(-c4ccccc4CO)cn23)c(C2CC2)c1F. The van der Waals surface area contributed by atoms with Crippen molar-refractivity contribution in [3.8, 4) is 22.5 Å². The first-order valence-electron chi connectivity index (χ1n) is 11.7. The minimum Gasteiger partial charge on any atom is -0.392 e. The van der Waals surface area contributed by atoms with Crippen LogP contribution in [0.5, 0.6) is 0 Å². The van der Waals surface area contributed by atoms with Gasteiger partial charge in [-0.3, -0.25) is 9.20 Å². The highest BCUT2D eigenvalue weighted by Crippen LogP contribution is 2.46. The number of carbonyl (C=O) groups is 1. The molecule has 0 bridgehead atoms. The van der Waals surface area contributed by atoms with E-state index in [9.17, 15) is 23.1 Å². The number of hydrogen-bond acceptors (Lipinski definition) is 5. The van der Waals surface area contributed by atoms with Gasteiger partial charge >= 0.3 is 6.18 Å². The molecule has 1 aliphatic carbocycles. The smallest absolute Gasteiger partial charge is 0.390 e. The lowest BCUT2D eigenvalue weighted by molar-refractivity contribution is -0.131. The normalized spacial score (nSPS) is 13.8. The first kappa shape index (κ1) is 24.7. The summed E-state index contributed by atoms with van der Waals surface area (Å²) in [6.45, 7) is -0.691. The molecule has 1 amide bonds. The van der Waals surface area contributed by atoms with Crippen molar-refractivity contribution >= 4 is 17.4 Å². The Morgan fingerprint density at radius 1 is 1.16 bits per heavy atom. The number of nitrogens with one attached hydrogen (secondary N) is 1. The van der Waals surface area contributed by atoms with E-state index in [1.807, 2.05) is 0 Å². The molecule has 0 spiro atoms. The molecule has 0 saturated heterocycles. The predicted octanol–water partition coefficient (Wildman–Crippen LogP) is 5.04. The molecule has 5 rings (SSSR count). The Morgan fingerprint density at radius 3 is 2.59 bits per heavy atom. The molecular formula is C26H23F4N5O2. The Morgan fingerprint density at radius 2 is 1.92 bits per heavy atom. The van der Waals surface area contributed by atoms with Crippen LogP contribution in [-0.2, 0) is 6.61 Å². The fourth-order valence-corrected chi connectivity index (χ4v) is 4.44. The number of nitrogens with two attached hydrogens (primary N) is 1. The number of anilines is 1. The summed E-state index contributed by atoms with van der Waals surface area (Å²) < 4.78 is 55.5. The third kappa shape index (κ3) is 4.86. The van der Waals surface area contributed by atoms with Crippen LogP contribution in [0.1, 0.15) is 46.7 Å². The summed E-state index contributed by atoms with van der Waals surface area (Å²) in [6.07, 6.45) is -0.773. The summed E-state index contributed by atoms with van der Waals surface area (Å²) in [5.41, 5.74) is 8.30. The zero-order valence-corrected chi connectivity index (χ0v) is 19.5. The standard InChI is InChI=1S/C26H23F4N5O2/c27-22-18(23(31)37)8-7-17(21(22)14-5-6-14)20-11-33-25-24(32-10-9-26(28,29)30)34-19(12-35(20)25)16-4-2-1-3-15(16)13-36/h1-4,7-8,11-12,14,36H,5-6,9-10,13H2,(H2,31,37)(H,32,34). The fourth-order valence-electron chi connectivity index (χ4n) is 4.44. The maximum absolute atomic E-state index is 15.4. The number of alkyl halides is 3. The van der Waals surface area contributed by atoms with Crippen molar-refractivity contribution in [2.24, 2.45) is 5.73 Å². The number of carbonyl (C=O) groups excluding carboxylic acids is 1. The molecule has 1 saturated carbocycles. The van der Waals surface area contributed by atoms with Crippen LogP contribution in [0.2, 0.25) is 0 Å². The third-order valence-electron chi connectivity index (χ3n) is 6.36. The molecule has 2 heterocycles. The number of aliphatic hydroxyl groups is 1. The van der Waals surface area contributed by atoms with Gasteiger partial charge in [-0.1, -0.05) is 30.3 Å². The Kier molecular flexibility index (Phi) is 6.32. The molecular weight excluding hydrogens is 490 g/mol. The van der Waals surface area contributed by atoms with Gasteiger partial charge in [-0.25, -0.2) is 14.4 Å². The first-order valence-corrected chi connectivity index (χ1v) is 11.7. The van der Waals surface area contributed by atoms with Crippen LogP contribution in [0.25, 0.3) is 28.2 Å².